The van der Waals surface area contributed by atoms with E-state index in [0.29, 0.717) is 43.5 Å². The summed E-state index contributed by atoms with van der Waals surface area (Å²) in [5, 5.41) is 2.96. The third-order valence-corrected chi connectivity index (χ3v) is 5.62. The Kier molecular flexibility index (Phi) is 4.70. The second kappa shape index (κ2) is 7.15. The normalized spacial score (nSPS) is 21.4. The van der Waals surface area contributed by atoms with Gasteiger partial charge in [-0.25, -0.2) is 0 Å². The molecule has 0 radical (unpaired) electrons. The minimum Gasteiger partial charge on any atom is -0.456 e. The standard InChI is InChI=1S/C20H23N3O4/c1-14-4-5-17(27-14)19(25)23-12-16(20(13-23)6-9-26-10-7-20)18(24)22-15-3-2-8-21-11-15/h2-5,8,11,16H,6-7,9-10,12-13H2,1H3,(H,22,24)/t16-/m1/s1. The molecule has 142 valence electrons. The molecule has 1 N–H and O–H groups in total. The molecule has 2 aliphatic rings. The van der Waals surface area contributed by atoms with Crippen LogP contribution in [0.3, 0.4) is 0 Å². The molecule has 7 nitrogen and oxygen atoms in total. The first-order valence-corrected chi connectivity index (χ1v) is 9.22. The first-order chi connectivity index (χ1) is 13.1. The van der Waals surface area contributed by atoms with Gasteiger partial charge in [-0.3, -0.25) is 14.6 Å². The summed E-state index contributed by atoms with van der Waals surface area (Å²) in [5.41, 5.74) is 0.401. The number of likely N-dealkylation sites (tertiary alicyclic amines) is 1. The van der Waals surface area contributed by atoms with Crippen molar-refractivity contribution in [3.63, 3.8) is 0 Å². The lowest BCUT2D eigenvalue weighted by Crippen LogP contribution is -2.42. The zero-order chi connectivity index (χ0) is 18.9. The molecule has 2 amide bonds. The summed E-state index contributed by atoms with van der Waals surface area (Å²) in [7, 11) is 0. The average molecular weight is 369 g/mol. The molecule has 1 atom stereocenters. The second-order valence-electron chi connectivity index (χ2n) is 7.35. The van der Waals surface area contributed by atoms with Gasteiger partial charge < -0.3 is 19.4 Å². The van der Waals surface area contributed by atoms with Crippen molar-refractivity contribution in [2.75, 3.05) is 31.6 Å². The van der Waals surface area contributed by atoms with Gasteiger partial charge in [0, 0.05) is 37.9 Å². The minimum atomic E-state index is -0.290. The molecule has 0 unspecified atom stereocenters. The predicted octanol–water partition coefficient (Wildman–Crippen LogP) is 2.49. The van der Waals surface area contributed by atoms with Crippen molar-refractivity contribution in [3.05, 3.63) is 48.2 Å². The number of rotatable bonds is 3. The maximum atomic E-state index is 13.1. The number of carbonyl (C=O) groups is 2. The summed E-state index contributed by atoms with van der Waals surface area (Å²) in [5.74, 6) is 0.496. The Morgan fingerprint density at radius 1 is 1.26 bits per heavy atom. The van der Waals surface area contributed by atoms with Gasteiger partial charge in [0.2, 0.25) is 5.91 Å². The van der Waals surface area contributed by atoms with E-state index in [1.807, 2.05) is 13.0 Å². The highest BCUT2D eigenvalue weighted by atomic mass is 16.5. The highest BCUT2D eigenvalue weighted by Gasteiger charge is 2.52. The van der Waals surface area contributed by atoms with Crippen molar-refractivity contribution in [1.29, 1.82) is 0 Å². The molecule has 0 aliphatic carbocycles. The van der Waals surface area contributed by atoms with Crippen LogP contribution in [-0.4, -0.2) is 48.0 Å². The van der Waals surface area contributed by atoms with Crippen molar-refractivity contribution >= 4 is 17.5 Å². The number of nitrogens with one attached hydrogen (secondary N) is 1. The zero-order valence-corrected chi connectivity index (χ0v) is 15.3. The fourth-order valence-corrected chi connectivity index (χ4v) is 4.14. The number of hydrogen-bond acceptors (Lipinski definition) is 5. The topological polar surface area (TPSA) is 84.7 Å². The van der Waals surface area contributed by atoms with E-state index in [4.69, 9.17) is 9.15 Å². The molecule has 2 aromatic rings. The number of aromatic nitrogens is 1. The van der Waals surface area contributed by atoms with Gasteiger partial charge in [-0.1, -0.05) is 0 Å². The quantitative estimate of drug-likeness (QED) is 0.899. The Labute approximate surface area is 157 Å². The van der Waals surface area contributed by atoms with Crippen LogP contribution in [0.15, 0.2) is 41.1 Å². The molecule has 0 aromatic carbocycles. The number of nitrogens with zero attached hydrogens (tertiary/aromatic N) is 2. The van der Waals surface area contributed by atoms with E-state index < -0.39 is 0 Å². The third kappa shape index (κ3) is 3.47. The number of hydrogen-bond donors (Lipinski definition) is 1. The first-order valence-electron chi connectivity index (χ1n) is 9.22. The summed E-state index contributed by atoms with van der Waals surface area (Å²) in [4.78, 5) is 31.7. The Morgan fingerprint density at radius 2 is 2.07 bits per heavy atom. The van der Waals surface area contributed by atoms with Crippen LogP contribution in [0.4, 0.5) is 5.69 Å². The van der Waals surface area contributed by atoms with E-state index in [0.717, 1.165) is 12.8 Å². The molecule has 2 aromatic heterocycles. The monoisotopic (exact) mass is 369 g/mol. The summed E-state index contributed by atoms with van der Waals surface area (Å²) in [6.45, 7) is 3.95. The number of anilines is 1. The molecule has 1 spiro atoms. The summed E-state index contributed by atoms with van der Waals surface area (Å²) < 4.78 is 11.0. The van der Waals surface area contributed by atoms with Crippen LogP contribution in [0.25, 0.3) is 0 Å². The van der Waals surface area contributed by atoms with Gasteiger partial charge >= 0.3 is 0 Å². The van der Waals surface area contributed by atoms with E-state index in [9.17, 15) is 9.59 Å². The maximum absolute atomic E-state index is 13.1. The van der Waals surface area contributed by atoms with Crippen LogP contribution in [0.5, 0.6) is 0 Å². The number of furan rings is 1. The van der Waals surface area contributed by atoms with Crippen molar-refractivity contribution in [1.82, 2.24) is 9.88 Å². The van der Waals surface area contributed by atoms with Crippen LogP contribution in [0.1, 0.15) is 29.2 Å². The number of ether oxygens (including phenoxy) is 1. The minimum absolute atomic E-state index is 0.0733. The van der Waals surface area contributed by atoms with Crippen LogP contribution in [-0.2, 0) is 9.53 Å². The zero-order valence-electron chi connectivity index (χ0n) is 15.3. The molecular weight excluding hydrogens is 346 g/mol. The molecule has 4 heterocycles. The van der Waals surface area contributed by atoms with Crippen LogP contribution in [0, 0.1) is 18.3 Å². The number of pyridine rings is 1. The summed E-state index contributed by atoms with van der Waals surface area (Å²) >= 11 is 0. The Balaban J connectivity index is 1.56. The van der Waals surface area contributed by atoms with E-state index in [1.165, 1.54) is 0 Å². The van der Waals surface area contributed by atoms with Gasteiger partial charge in [-0.05, 0) is 44.0 Å². The van der Waals surface area contributed by atoms with Crippen LogP contribution in [0.2, 0.25) is 0 Å². The molecular formula is C20H23N3O4. The smallest absolute Gasteiger partial charge is 0.289 e. The molecule has 4 rings (SSSR count). The molecule has 0 bridgehead atoms. The Morgan fingerprint density at radius 3 is 2.74 bits per heavy atom. The summed E-state index contributed by atoms with van der Waals surface area (Å²) in [6, 6.07) is 7.06. The predicted molar refractivity (Wildman–Crippen MR) is 98.2 cm³/mol. The van der Waals surface area contributed by atoms with Crippen LogP contribution >= 0.6 is 0 Å². The van der Waals surface area contributed by atoms with Gasteiger partial charge in [0.1, 0.15) is 5.76 Å². The van der Waals surface area contributed by atoms with Gasteiger partial charge in [0.25, 0.3) is 5.91 Å². The van der Waals surface area contributed by atoms with Crippen LogP contribution < -0.4 is 5.32 Å². The third-order valence-electron chi connectivity index (χ3n) is 5.62. The Bertz CT molecular complexity index is 827. The largest absolute Gasteiger partial charge is 0.456 e. The highest BCUT2D eigenvalue weighted by Crippen LogP contribution is 2.45. The first kappa shape index (κ1) is 17.7. The lowest BCUT2D eigenvalue weighted by atomic mass is 9.71. The van der Waals surface area contributed by atoms with E-state index in [-0.39, 0.29) is 23.1 Å². The lowest BCUT2D eigenvalue weighted by molar-refractivity contribution is -0.124. The number of carbonyl (C=O) groups excluding carboxylic acids is 2. The summed E-state index contributed by atoms with van der Waals surface area (Å²) in [6.07, 6.45) is 4.81. The lowest BCUT2D eigenvalue weighted by Gasteiger charge is -2.37. The molecule has 27 heavy (non-hydrogen) atoms. The van der Waals surface area contributed by atoms with E-state index >= 15 is 0 Å². The van der Waals surface area contributed by atoms with Gasteiger partial charge in [-0.15, -0.1) is 0 Å². The maximum Gasteiger partial charge on any atom is 0.289 e. The fourth-order valence-electron chi connectivity index (χ4n) is 4.14. The Hall–Kier alpha value is -2.67. The van der Waals surface area contributed by atoms with E-state index in [1.54, 1.807) is 35.5 Å². The molecule has 0 saturated carbocycles. The molecule has 2 aliphatic heterocycles. The fraction of sp³-hybridized carbons (Fsp3) is 0.450. The molecule has 2 fully saturated rings. The average Bonchev–Trinajstić information content (AvgIpc) is 3.27. The van der Waals surface area contributed by atoms with Crippen molar-refractivity contribution in [3.8, 4) is 0 Å². The van der Waals surface area contributed by atoms with E-state index in [2.05, 4.69) is 10.3 Å². The molecule has 2 saturated heterocycles. The van der Waals surface area contributed by atoms with Crippen molar-refractivity contribution < 1.29 is 18.7 Å². The molecule has 7 heteroatoms. The van der Waals surface area contributed by atoms with Crippen molar-refractivity contribution in [2.24, 2.45) is 11.3 Å². The SMILES string of the molecule is Cc1ccc(C(=O)N2C[C@H](C(=O)Nc3cccnc3)C3(CCOCC3)C2)o1. The van der Waals surface area contributed by atoms with Gasteiger partial charge in [0.05, 0.1) is 17.8 Å². The number of amides is 2. The van der Waals surface area contributed by atoms with Gasteiger partial charge in [0.15, 0.2) is 5.76 Å². The van der Waals surface area contributed by atoms with Gasteiger partial charge in [-0.2, -0.15) is 0 Å². The second-order valence-corrected chi connectivity index (χ2v) is 7.35. The number of aryl methyl sites for hydroxylation is 1. The van der Waals surface area contributed by atoms with Crippen molar-refractivity contribution in [2.45, 2.75) is 19.8 Å². The highest BCUT2D eigenvalue weighted by molar-refractivity contribution is 5.96.